The molecule has 2 heterocycles. The average molecular weight is 412 g/mol. The zero-order chi connectivity index (χ0) is 19.8. The molecule has 0 saturated heterocycles. The molecule has 1 aliphatic heterocycles. The van der Waals surface area contributed by atoms with Crippen molar-refractivity contribution < 1.29 is 9.59 Å². The van der Waals surface area contributed by atoms with Crippen LogP contribution in [0.2, 0.25) is 5.02 Å². The Morgan fingerprint density at radius 2 is 1.71 bits per heavy atom. The lowest BCUT2D eigenvalue weighted by Crippen LogP contribution is -2.24. The summed E-state index contributed by atoms with van der Waals surface area (Å²) in [6.07, 6.45) is 0. The summed E-state index contributed by atoms with van der Waals surface area (Å²) in [5.41, 5.74) is 7.19. The largest absolute Gasteiger partial charge is 0.384 e. The van der Waals surface area contributed by atoms with Crippen LogP contribution in [0.4, 0.5) is 5.82 Å². The van der Waals surface area contributed by atoms with Gasteiger partial charge in [0.05, 0.1) is 16.8 Å². The van der Waals surface area contributed by atoms with E-state index >= 15 is 0 Å². The highest BCUT2D eigenvalue weighted by Crippen LogP contribution is 2.32. The van der Waals surface area contributed by atoms with E-state index in [1.807, 2.05) is 36.4 Å². The second kappa shape index (κ2) is 7.18. The molecular weight excluding hydrogens is 398 g/mol. The number of benzene rings is 2. The van der Waals surface area contributed by atoms with E-state index in [0.29, 0.717) is 16.5 Å². The van der Waals surface area contributed by atoms with Gasteiger partial charge in [-0.15, -0.1) is 11.8 Å². The molecule has 140 valence electrons. The normalized spacial score (nSPS) is 12.8. The van der Waals surface area contributed by atoms with Gasteiger partial charge >= 0.3 is 0 Å². The van der Waals surface area contributed by atoms with Gasteiger partial charge in [-0.3, -0.25) is 24.3 Å². The topological polar surface area (TPSA) is 94.2 Å². The standard InChI is InChI=1S/C20H14ClN3O3S/c21-13-6-2-1-5-11(13)10-28-15-8-4-3-7-14(15)24-16(25)9-12-17(18(24)22)20(27)23-19(12)26/h1-9H,10,22H2,(H,23,26,27). The van der Waals surface area contributed by atoms with E-state index in [4.69, 9.17) is 17.3 Å². The number of nitrogens with one attached hydrogen (secondary N) is 1. The molecule has 2 amide bonds. The summed E-state index contributed by atoms with van der Waals surface area (Å²) in [7, 11) is 0. The number of halogens is 1. The van der Waals surface area contributed by atoms with Gasteiger partial charge in [0.2, 0.25) is 0 Å². The molecule has 0 fully saturated rings. The Morgan fingerprint density at radius 3 is 2.50 bits per heavy atom. The van der Waals surface area contributed by atoms with Crippen LogP contribution in [-0.2, 0) is 5.75 Å². The number of carbonyl (C=O) groups excluding carboxylic acids is 2. The van der Waals surface area contributed by atoms with Gasteiger partial charge in [-0.1, -0.05) is 41.9 Å². The number of aromatic nitrogens is 1. The fraction of sp³-hybridized carbons (Fsp3) is 0.0500. The first-order valence-electron chi connectivity index (χ1n) is 8.34. The molecule has 0 saturated carbocycles. The first-order chi connectivity index (χ1) is 13.5. The number of hydrogen-bond acceptors (Lipinski definition) is 5. The summed E-state index contributed by atoms with van der Waals surface area (Å²) in [5.74, 6) is -0.684. The number of nitrogen functional groups attached to an aromatic ring is 1. The molecule has 4 rings (SSSR count). The summed E-state index contributed by atoms with van der Waals surface area (Å²) < 4.78 is 1.26. The zero-order valence-electron chi connectivity index (χ0n) is 14.4. The zero-order valence-corrected chi connectivity index (χ0v) is 16.0. The number of nitrogens with zero attached hydrogens (tertiary/aromatic N) is 1. The molecule has 1 aliphatic rings. The molecule has 0 unspecified atom stereocenters. The molecule has 2 aromatic carbocycles. The first-order valence-corrected chi connectivity index (χ1v) is 9.70. The SMILES string of the molecule is Nc1c2c(cc(=O)n1-c1ccccc1SCc1ccccc1Cl)C(=O)NC2=O. The van der Waals surface area contributed by atoms with Gasteiger partial charge in [-0.2, -0.15) is 0 Å². The molecule has 0 aliphatic carbocycles. The van der Waals surface area contributed by atoms with E-state index in [9.17, 15) is 14.4 Å². The van der Waals surface area contributed by atoms with E-state index < -0.39 is 17.4 Å². The monoisotopic (exact) mass is 411 g/mol. The van der Waals surface area contributed by atoms with Gasteiger partial charge in [-0.05, 0) is 23.8 Å². The summed E-state index contributed by atoms with van der Waals surface area (Å²) >= 11 is 7.72. The number of fused-ring (bicyclic) bond motifs is 1. The molecule has 28 heavy (non-hydrogen) atoms. The number of hydrogen-bond donors (Lipinski definition) is 2. The predicted octanol–water partition coefficient (Wildman–Crippen LogP) is 3.25. The van der Waals surface area contributed by atoms with Gasteiger partial charge in [0.1, 0.15) is 5.82 Å². The third-order valence-electron chi connectivity index (χ3n) is 4.40. The van der Waals surface area contributed by atoms with Crippen LogP contribution in [0.3, 0.4) is 0 Å². The highest BCUT2D eigenvalue weighted by molar-refractivity contribution is 7.98. The number of imide groups is 1. The molecule has 0 radical (unpaired) electrons. The van der Waals surface area contributed by atoms with Gasteiger partial charge in [0, 0.05) is 21.7 Å². The smallest absolute Gasteiger partial charge is 0.262 e. The lowest BCUT2D eigenvalue weighted by atomic mass is 10.1. The molecule has 0 bridgehead atoms. The minimum absolute atomic E-state index is 0.00458. The lowest BCUT2D eigenvalue weighted by Gasteiger charge is -2.15. The number of rotatable bonds is 4. The molecule has 3 aromatic rings. The Hall–Kier alpha value is -3.03. The van der Waals surface area contributed by atoms with E-state index in [0.717, 1.165) is 16.5 Å². The van der Waals surface area contributed by atoms with Crippen LogP contribution in [0, 0.1) is 0 Å². The Bertz CT molecular complexity index is 1190. The summed E-state index contributed by atoms with van der Waals surface area (Å²) in [4.78, 5) is 37.4. The highest BCUT2D eigenvalue weighted by atomic mass is 35.5. The van der Waals surface area contributed by atoms with Crippen molar-refractivity contribution in [1.29, 1.82) is 0 Å². The molecule has 3 N–H and O–H groups in total. The highest BCUT2D eigenvalue weighted by Gasteiger charge is 2.32. The van der Waals surface area contributed by atoms with Gasteiger partial charge in [0.15, 0.2) is 0 Å². The number of nitrogens with two attached hydrogens (primary N) is 1. The van der Waals surface area contributed by atoms with E-state index in [2.05, 4.69) is 5.32 Å². The summed E-state index contributed by atoms with van der Waals surface area (Å²) in [6.45, 7) is 0. The number of carbonyl (C=O) groups is 2. The quantitative estimate of drug-likeness (QED) is 0.507. The van der Waals surface area contributed by atoms with Crippen LogP contribution < -0.4 is 16.6 Å². The molecule has 8 heteroatoms. The third-order valence-corrected chi connectivity index (χ3v) is 5.88. The Balaban J connectivity index is 1.79. The summed E-state index contributed by atoms with van der Waals surface area (Å²) in [6, 6.07) is 15.9. The first kappa shape index (κ1) is 18.3. The van der Waals surface area contributed by atoms with Crippen LogP contribution >= 0.6 is 23.4 Å². The van der Waals surface area contributed by atoms with Crippen molar-refractivity contribution >= 4 is 41.0 Å². The maximum atomic E-state index is 12.7. The summed E-state index contributed by atoms with van der Waals surface area (Å²) in [5, 5.41) is 2.83. The van der Waals surface area contributed by atoms with Crippen LogP contribution in [0.1, 0.15) is 26.3 Å². The van der Waals surface area contributed by atoms with Crippen LogP contribution in [-0.4, -0.2) is 16.4 Å². The maximum absolute atomic E-state index is 12.7. The number of amides is 2. The van der Waals surface area contributed by atoms with E-state index in [1.165, 1.54) is 16.3 Å². The Labute approximate surface area is 169 Å². The minimum atomic E-state index is -0.614. The fourth-order valence-corrected chi connectivity index (χ4v) is 4.39. The van der Waals surface area contributed by atoms with Crippen molar-refractivity contribution in [1.82, 2.24) is 9.88 Å². The van der Waals surface area contributed by atoms with Crippen molar-refractivity contribution in [3.8, 4) is 5.69 Å². The van der Waals surface area contributed by atoms with Crippen molar-refractivity contribution in [3.05, 3.63) is 86.7 Å². The van der Waals surface area contributed by atoms with Gasteiger partial charge < -0.3 is 5.73 Å². The second-order valence-corrected chi connectivity index (χ2v) is 7.55. The van der Waals surface area contributed by atoms with Gasteiger partial charge in [-0.25, -0.2) is 0 Å². The number of thioether (sulfide) groups is 1. The molecule has 0 spiro atoms. The van der Waals surface area contributed by atoms with E-state index in [-0.39, 0.29) is 16.9 Å². The Kier molecular flexibility index (Phi) is 4.70. The van der Waals surface area contributed by atoms with Crippen molar-refractivity contribution in [2.24, 2.45) is 0 Å². The minimum Gasteiger partial charge on any atom is -0.384 e. The molecule has 6 nitrogen and oxygen atoms in total. The van der Waals surface area contributed by atoms with Crippen LogP contribution in [0.15, 0.2) is 64.3 Å². The Morgan fingerprint density at radius 1 is 1.00 bits per heavy atom. The van der Waals surface area contributed by atoms with Crippen molar-refractivity contribution in [2.45, 2.75) is 10.6 Å². The fourth-order valence-electron chi connectivity index (χ4n) is 3.06. The number of anilines is 1. The number of para-hydroxylation sites is 1. The van der Waals surface area contributed by atoms with Crippen LogP contribution in [0.25, 0.3) is 5.69 Å². The average Bonchev–Trinajstić information content (AvgIpc) is 2.95. The molecule has 0 atom stereocenters. The second-order valence-electron chi connectivity index (χ2n) is 6.12. The maximum Gasteiger partial charge on any atom is 0.262 e. The van der Waals surface area contributed by atoms with Crippen LogP contribution in [0.5, 0.6) is 0 Å². The number of pyridine rings is 1. The van der Waals surface area contributed by atoms with Gasteiger partial charge in [0.25, 0.3) is 17.4 Å². The lowest BCUT2D eigenvalue weighted by molar-refractivity contribution is 0.0880. The molecule has 1 aromatic heterocycles. The molecular formula is C20H14ClN3O3S. The van der Waals surface area contributed by atoms with Crippen molar-refractivity contribution in [2.75, 3.05) is 5.73 Å². The van der Waals surface area contributed by atoms with E-state index in [1.54, 1.807) is 12.1 Å². The van der Waals surface area contributed by atoms with Crippen molar-refractivity contribution in [3.63, 3.8) is 0 Å². The predicted molar refractivity (Wildman–Crippen MR) is 109 cm³/mol. The third kappa shape index (κ3) is 3.08.